The fourth-order valence-corrected chi connectivity index (χ4v) is 2.68. The second-order valence-electron chi connectivity index (χ2n) is 6.81. The SMILES string of the molecule is CC(=O)Nc1cccn(CC(=O)N[C@@H](CC(=O)O)C(=O)COc2c(F)c(F)cc(F)c2F)c1=O. The molecule has 0 aliphatic carbocycles. The molecule has 1 atom stereocenters. The second-order valence-corrected chi connectivity index (χ2v) is 6.81. The van der Waals surface area contributed by atoms with Crippen molar-refractivity contribution in [3.63, 3.8) is 0 Å². The van der Waals surface area contributed by atoms with Crippen LogP contribution in [0.1, 0.15) is 13.3 Å². The van der Waals surface area contributed by atoms with E-state index in [2.05, 4.69) is 10.1 Å². The predicted molar refractivity (Wildman–Crippen MR) is 106 cm³/mol. The minimum absolute atomic E-state index is 0.0737. The molecule has 0 bridgehead atoms. The van der Waals surface area contributed by atoms with Crippen molar-refractivity contribution in [2.24, 2.45) is 0 Å². The van der Waals surface area contributed by atoms with Gasteiger partial charge in [0.2, 0.25) is 23.4 Å². The zero-order valence-electron chi connectivity index (χ0n) is 17.4. The Hall–Kier alpha value is -4.23. The van der Waals surface area contributed by atoms with Gasteiger partial charge in [-0.25, -0.2) is 8.78 Å². The molecular formula is C20H17F4N3O7. The molecule has 0 aliphatic heterocycles. The Balaban J connectivity index is 2.14. The molecule has 0 unspecified atom stereocenters. The minimum Gasteiger partial charge on any atom is -0.481 e. The molecule has 34 heavy (non-hydrogen) atoms. The van der Waals surface area contributed by atoms with Gasteiger partial charge in [-0.3, -0.25) is 24.0 Å². The van der Waals surface area contributed by atoms with E-state index in [4.69, 9.17) is 5.11 Å². The predicted octanol–water partition coefficient (Wildman–Crippen LogP) is 0.971. The molecule has 1 heterocycles. The zero-order chi connectivity index (χ0) is 25.6. The van der Waals surface area contributed by atoms with Gasteiger partial charge in [-0.05, 0) is 12.1 Å². The summed E-state index contributed by atoms with van der Waals surface area (Å²) in [4.78, 5) is 59.1. The van der Waals surface area contributed by atoms with E-state index in [0.29, 0.717) is 0 Å². The number of aromatic nitrogens is 1. The van der Waals surface area contributed by atoms with Crippen LogP contribution in [0.3, 0.4) is 0 Å². The number of aliphatic carboxylic acids is 1. The van der Waals surface area contributed by atoms with E-state index in [1.54, 1.807) is 0 Å². The monoisotopic (exact) mass is 487 g/mol. The zero-order valence-corrected chi connectivity index (χ0v) is 17.4. The van der Waals surface area contributed by atoms with Gasteiger partial charge >= 0.3 is 5.97 Å². The summed E-state index contributed by atoms with van der Waals surface area (Å²) < 4.78 is 59.2. The Kier molecular flexibility index (Phi) is 8.47. The number of hydrogen-bond acceptors (Lipinski definition) is 6. The molecule has 1 aromatic carbocycles. The van der Waals surface area contributed by atoms with Gasteiger partial charge in [0, 0.05) is 19.2 Å². The van der Waals surface area contributed by atoms with Gasteiger partial charge in [0.05, 0.1) is 6.42 Å². The molecule has 10 nitrogen and oxygen atoms in total. The van der Waals surface area contributed by atoms with E-state index in [1.807, 2.05) is 5.32 Å². The molecule has 2 rings (SSSR count). The lowest BCUT2D eigenvalue weighted by atomic mass is 10.1. The third-order valence-corrected chi connectivity index (χ3v) is 4.18. The summed E-state index contributed by atoms with van der Waals surface area (Å²) in [6.07, 6.45) is 0.214. The van der Waals surface area contributed by atoms with Crippen LogP contribution in [-0.4, -0.2) is 45.9 Å². The number of carbonyl (C=O) groups excluding carboxylic acids is 3. The quantitative estimate of drug-likeness (QED) is 0.335. The highest BCUT2D eigenvalue weighted by Crippen LogP contribution is 2.26. The van der Waals surface area contributed by atoms with Crippen molar-refractivity contribution >= 4 is 29.3 Å². The summed E-state index contributed by atoms with van der Waals surface area (Å²) in [6.45, 7) is -0.772. The van der Waals surface area contributed by atoms with Crippen molar-refractivity contribution in [2.45, 2.75) is 25.9 Å². The summed E-state index contributed by atoms with van der Waals surface area (Å²) in [6, 6.07) is 0.772. The summed E-state index contributed by atoms with van der Waals surface area (Å²) in [7, 11) is 0. The van der Waals surface area contributed by atoms with Crippen LogP contribution in [0.5, 0.6) is 5.75 Å². The van der Waals surface area contributed by atoms with Gasteiger partial charge in [-0.2, -0.15) is 8.78 Å². The molecule has 1 aromatic heterocycles. The molecule has 0 fully saturated rings. The first-order chi connectivity index (χ1) is 15.9. The maximum atomic E-state index is 13.7. The maximum Gasteiger partial charge on any atom is 0.305 e. The number of benzene rings is 1. The van der Waals surface area contributed by atoms with E-state index in [9.17, 15) is 41.5 Å². The molecule has 14 heteroatoms. The lowest BCUT2D eigenvalue weighted by Crippen LogP contribution is -2.46. The Morgan fingerprint density at radius 1 is 1.12 bits per heavy atom. The van der Waals surface area contributed by atoms with Crippen molar-refractivity contribution in [1.29, 1.82) is 0 Å². The number of carboxylic acid groups (broad SMARTS) is 1. The molecule has 0 radical (unpaired) electrons. The molecular weight excluding hydrogens is 470 g/mol. The number of halogens is 4. The first kappa shape index (κ1) is 26.0. The first-order valence-corrected chi connectivity index (χ1v) is 9.37. The van der Waals surface area contributed by atoms with Crippen LogP contribution in [0.2, 0.25) is 0 Å². The highest BCUT2D eigenvalue weighted by Gasteiger charge is 2.27. The highest BCUT2D eigenvalue weighted by molar-refractivity contribution is 5.93. The number of ether oxygens (including phenoxy) is 1. The molecule has 2 amide bonds. The highest BCUT2D eigenvalue weighted by atomic mass is 19.2. The summed E-state index contributed by atoms with van der Waals surface area (Å²) in [5.74, 6) is -13.2. The number of amides is 2. The first-order valence-electron chi connectivity index (χ1n) is 9.37. The van der Waals surface area contributed by atoms with Crippen molar-refractivity contribution in [2.75, 3.05) is 11.9 Å². The Morgan fingerprint density at radius 2 is 1.74 bits per heavy atom. The maximum absolute atomic E-state index is 13.7. The molecule has 0 saturated heterocycles. The summed E-state index contributed by atoms with van der Waals surface area (Å²) in [5.41, 5.74) is -0.905. The summed E-state index contributed by atoms with van der Waals surface area (Å²) >= 11 is 0. The fourth-order valence-electron chi connectivity index (χ4n) is 2.68. The average Bonchev–Trinajstić information content (AvgIpc) is 2.74. The largest absolute Gasteiger partial charge is 0.481 e. The number of rotatable bonds is 10. The van der Waals surface area contributed by atoms with Crippen LogP contribution in [0.25, 0.3) is 0 Å². The molecule has 2 aromatic rings. The smallest absolute Gasteiger partial charge is 0.305 e. The molecule has 182 valence electrons. The Morgan fingerprint density at radius 3 is 2.29 bits per heavy atom. The number of carboxylic acids is 1. The van der Waals surface area contributed by atoms with E-state index >= 15 is 0 Å². The van der Waals surface area contributed by atoms with E-state index in [0.717, 1.165) is 11.5 Å². The van der Waals surface area contributed by atoms with Crippen LogP contribution >= 0.6 is 0 Å². The van der Waals surface area contributed by atoms with Crippen molar-refractivity contribution in [1.82, 2.24) is 9.88 Å². The molecule has 0 saturated carbocycles. The topological polar surface area (TPSA) is 144 Å². The van der Waals surface area contributed by atoms with E-state index in [-0.39, 0.29) is 11.8 Å². The summed E-state index contributed by atoms with van der Waals surface area (Å²) in [5, 5.41) is 13.3. The van der Waals surface area contributed by atoms with Crippen molar-refractivity contribution in [3.8, 4) is 5.75 Å². The van der Waals surface area contributed by atoms with E-state index < -0.39 is 83.8 Å². The van der Waals surface area contributed by atoms with Gasteiger partial charge in [0.1, 0.15) is 24.9 Å². The lowest BCUT2D eigenvalue weighted by molar-refractivity contribution is -0.140. The van der Waals surface area contributed by atoms with Crippen molar-refractivity contribution in [3.05, 3.63) is 58.0 Å². The van der Waals surface area contributed by atoms with Gasteiger partial charge in [-0.15, -0.1) is 0 Å². The van der Waals surface area contributed by atoms with Gasteiger partial charge in [-0.1, -0.05) is 0 Å². The van der Waals surface area contributed by atoms with Gasteiger partial charge in [0.25, 0.3) is 5.56 Å². The Labute approximate surface area is 188 Å². The third-order valence-electron chi connectivity index (χ3n) is 4.18. The standard InChI is InChI=1S/C20H17F4N3O7/c1-9(28)25-12-3-2-4-27(20(12)33)7-15(30)26-13(6-16(31)32)14(29)8-34-19-17(23)10(21)5-11(22)18(19)24/h2-5,13H,6-8H2,1H3,(H,25,28)(H,26,30)(H,31,32)/t13-/m0/s1. The number of ketones is 1. The third kappa shape index (κ3) is 6.63. The number of carbonyl (C=O) groups is 4. The minimum atomic E-state index is -1.91. The van der Waals surface area contributed by atoms with Gasteiger partial charge < -0.3 is 25.0 Å². The number of nitrogens with one attached hydrogen (secondary N) is 2. The van der Waals surface area contributed by atoms with Crippen LogP contribution in [0.4, 0.5) is 23.2 Å². The van der Waals surface area contributed by atoms with Crippen LogP contribution in [0, 0.1) is 23.3 Å². The van der Waals surface area contributed by atoms with Crippen LogP contribution in [0.15, 0.2) is 29.2 Å². The van der Waals surface area contributed by atoms with Crippen LogP contribution in [-0.2, 0) is 25.7 Å². The number of anilines is 1. The molecule has 0 spiro atoms. The molecule has 3 N–H and O–H groups in total. The van der Waals surface area contributed by atoms with Crippen molar-refractivity contribution < 1.29 is 46.6 Å². The fraction of sp³-hybridized carbons (Fsp3) is 0.250. The molecule has 0 aliphatic rings. The van der Waals surface area contributed by atoms with Gasteiger partial charge in [0.15, 0.2) is 23.2 Å². The number of hydrogen-bond donors (Lipinski definition) is 3. The Bertz CT molecular complexity index is 1170. The van der Waals surface area contributed by atoms with Crippen LogP contribution < -0.4 is 20.9 Å². The second kappa shape index (κ2) is 11.1. The number of nitrogens with zero attached hydrogens (tertiary/aromatic N) is 1. The lowest BCUT2D eigenvalue weighted by Gasteiger charge is -2.17. The average molecular weight is 487 g/mol. The van der Waals surface area contributed by atoms with E-state index in [1.165, 1.54) is 18.3 Å². The normalized spacial score (nSPS) is 11.4. The number of pyridine rings is 1. The number of Topliss-reactive ketones (excluding diaryl/α,β-unsaturated/α-hetero) is 1.